The normalized spacial score (nSPS) is 13.9. The van der Waals surface area contributed by atoms with Gasteiger partial charge in [-0.3, -0.25) is 0 Å². The van der Waals surface area contributed by atoms with E-state index in [1.807, 2.05) is 6.92 Å². The van der Waals surface area contributed by atoms with E-state index in [-0.39, 0.29) is 6.10 Å². The Morgan fingerprint density at radius 1 is 1.45 bits per heavy atom. The lowest BCUT2D eigenvalue weighted by Crippen LogP contribution is -2.25. The first-order valence-electron chi connectivity index (χ1n) is 4.23. The molecule has 3 N–H and O–H groups in total. The smallest absolute Gasteiger partial charge is 0.0524 e. The Bertz CT molecular complexity index is 86.2. The minimum Gasteiger partial charge on any atom is -0.393 e. The molecule has 0 aromatic carbocycles. The van der Waals surface area contributed by atoms with E-state index in [4.69, 9.17) is 10.8 Å². The lowest BCUT2D eigenvalue weighted by Gasteiger charge is -2.16. The summed E-state index contributed by atoms with van der Waals surface area (Å²) >= 11 is 0. The molecule has 1 atom stereocenters. The van der Waals surface area contributed by atoms with Crippen LogP contribution < -0.4 is 5.73 Å². The molecule has 0 amide bonds. The monoisotopic (exact) mass is 160 g/mol. The SMILES string of the molecule is CC(O)CCN(C)CCCN. The van der Waals surface area contributed by atoms with Gasteiger partial charge in [0, 0.05) is 6.54 Å². The summed E-state index contributed by atoms with van der Waals surface area (Å²) in [5, 5.41) is 8.98. The molecule has 3 nitrogen and oxygen atoms in total. The molecule has 0 aliphatic heterocycles. The highest BCUT2D eigenvalue weighted by Crippen LogP contribution is 1.93. The fourth-order valence-electron chi connectivity index (χ4n) is 0.880. The van der Waals surface area contributed by atoms with Crippen LogP contribution in [0.1, 0.15) is 19.8 Å². The Kier molecular flexibility index (Phi) is 6.51. The Labute approximate surface area is 69.2 Å². The third-order valence-electron chi connectivity index (χ3n) is 1.67. The van der Waals surface area contributed by atoms with Crippen LogP contribution in [0.4, 0.5) is 0 Å². The fraction of sp³-hybridized carbons (Fsp3) is 1.00. The third kappa shape index (κ3) is 7.78. The van der Waals surface area contributed by atoms with Crippen molar-refractivity contribution in [3.05, 3.63) is 0 Å². The van der Waals surface area contributed by atoms with Crippen LogP contribution >= 0.6 is 0 Å². The maximum absolute atomic E-state index is 8.98. The predicted molar refractivity (Wildman–Crippen MR) is 47.5 cm³/mol. The maximum atomic E-state index is 8.98. The number of aliphatic hydroxyl groups is 1. The molecule has 3 heteroatoms. The van der Waals surface area contributed by atoms with Crippen molar-refractivity contribution < 1.29 is 5.11 Å². The molecule has 0 aromatic heterocycles. The number of hydrogen-bond acceptors (Lipinski definition) is 3. The summed E-state index contributed by atoms with van der Waals surface area (Å²) in [6, 6.07) is 0. The zero-order valence-corrected chi connectivity index (χ0v) is 7.58. The van der Waals surface area contributed by atoms with Crippen molar-refractivity contribution in [1.82, 2.24) is 4.90 Å². The molecule has 0 bridgehead atoms. The molecule has 1 unspecified atom stereocenters. The summed E-state index contributed by atoms with van der Waals surface area (Å²) in [5.74, 6) is 0. The van der Waals surface area contributed by atoms with Crippen molar-refractivity contribution in [2.75, 3.05) is 26.7 Å². The molecule has 0 aliphatic carbocycles. The highest BCUT2D eigenvalue weighted by atomic mass is 16.3. The van der Waals surface area contributed by atoms with Gasteiger partial charge in [0.25, 0.3) is 0 Å². The van der Waals surface area contributed by atoms with Crippen molar-refractivity contribution in [3.8, 4) is 0 Å². The first kappa shape index (κ1) is 10.9. The van der Waals surface area contributed by atoms with Gasteiger partial charge in [0.15, 0.2) is 0 Å². The molecule has 0 spiro atoms. The minimum atomic E-state index is -0.185. The highest BCUT2D eigenvalue weighted by Gasteiger charge is 1.99. The van der Waals surface area contributed by atoms with Crippen molar-refractivity contribution >= 4 is 0 Å². The second-order valence-electron chi connectivity index (χ2n) is 3.08. The van der Waals surface area contributed by atoms with Crippen molar-refractivity contribution in [2.45, 2.75) is 25.9 Å². The van der Waals surface area contributed by atoms with Crippen molar-refractivity contribution in [2.24, 2.45) is 5.73 Å². The largest absolute Gasteiger partial charge is 0.393 e. The van der Waals surface area contributed by atoms with E-state index < -0.39 is 0 Å². The predicted octanol–water partition coefficient (Wildman–Crippen LogP) is 0.0379. The molecular formula is C8H20N2O. The van der Waals surface area contributed by atoms with Gasteiger partial charge in [-0.1, -0.05) is 0 Å². The molecule has 68 valence electrons. The molecule has 0 heterocycles. The second kappa shape index (κ2) is 6.58. The van der Waals surface area contributed by atoms with E-state index in [2.05, 4.69) is 11.9 Å². The molecule has 0 saturated carbocycles. The lowest BCUT2D eigenvalue weighted by atomic mass is 10.2. The first-order chi connectivity index (χ1) is 5.16. The molecule has 0 aromatic rings. The minimum absolute atomic E-state index is 0.185. The highest BCUT2D eigenvalue weighted by molar-refractivity contribution is 4.55. The van der Waals surface area contributed by atoms with Gasteiger partial charge in [0.2, 0.25) is 0 Å². The lowest BCUT2D eigenvalue weighted by molar-refractivity contribution is 0.164. The first-order valence-corrected chi connectivity index (χ1v) is 4.23. The number of hydrogen-bond donors (Lipinski definition) is 2. The number of aliphatic hydroxyl groups excluding tert-OH is 1. The van der Waals surface area contributed by atoms with Crippen LogP contribution in [-0.4, -0.2) is 42.8 Å². The summed E-state index contributed by atoms with van der Waals surface area (Å²) in [5.41, 5.74) is 5.36. The van der Waals surface area contributed by atoms with Gasteiger partial charge in [-0.05, 0) is 39.9 Å². The van der Waals surface area contributed by atoms with Gasteiger partial charge in [-0.15, -0.1) is 0 Å². The van der Waals surface area contributed by atoms with E-state index in [9.17, 15) is 0 Å². The molecule has 0 aliphatic rings. The average molecular weight is 160 g/mol. The Hall–Kier alpha value is -0.120. The van der Waals surface area contributed by atoms with E-state index in [1.165, 1.54) is 0 Å². The average Bonchev–Trinajstić information content (AvgIpc) is 1.97. The zero-order valence-electron chi connectivity index (χ0n) is 7.58. The van der Waals surface area contributed by atoms with Crippen LogP contribution in [0.5, 0.6) is 0 Å². The van der Waals surface area contributed by atoms with E-state index in [1.54, 1.807) is 0 Å². The Morgan fingerprint density at radius 3 is 2.55 bits per heavy atom. The number of rotatable bonds is 6. The van der Waals surface area contributed by atoms with Crippen LogP contribution in [0.25, 0.3) is 0 Å². The van der Waals surface area contributed by atoms with Gasteiger partial charge in [-0.25, -0.2) is 0 Å². The van der Waals surface area contributed by atoms with Crippen molar-refractivity contribution in [3.63, 3.8) is 0 Å². The van der Waals surface area contributed by atoms with Gasteiger partial charge in [-0.2, -0.15) is 0 Å². The van der Waals surface area contributed by atoms with Crippen molar-refractivity contribution in [1.29, 1.82) is 0 Å². The summed E-state index contributed by atoms with van der Waals surface area (Å²) in [6.07, 6.45) is 1.70. The van der Waals surface area contributed by atoms with Crippen LogP contribution in [0.15, 0.2) is 0 Å². The molecule has 0 saturated heterocycles. The Balaban J connectivity index is 3.15. The number of nitrogens with zero attached hydrogens (tertiary/aromatic N) is 1. The third-order valence-corrected chi connectivity index (χ3v) is 1.67. The van der Waals surface area contributed by atoms with Gasteiger partial charge >= 0.3 is 0 Å². The van der Waals surface area contributed by atoms with E-state index in [0.717, 1.165) is 32.5 Å². The maximum Gasteiger partial charge on any atom is 0.0524 e. The second-order valence-corrected chi connectivity index (χ2v) is 3.08. The standard InChI is InChI=1S/C8H20N2O/c1-8(11)4-7-10(2)6-3-5-9/h8,11H,3-7,9H2,1-2H3. The zero-order chi connectivity index (χ0) is 8.69. The molecule has 0 radical (unpaired) electrons. The summed E-state index contributed by atoms with van der Waals surface area (Å²) in [7, 11) is 2.05. The fourth-order valence-corrected chi connectivity index (χ4v) is 0.880. The molecule has 0 rings (SSSR count). The summed E-state index contributed by atoms with van der Waals surface area (Å²) in [4.78, 5) is 2.19. The topological polar surface area (TPSA) is 49.5 Å². The van der Waals surface area contributed by atoms with Gasteiger partial charge in [0.05, 0.1) is 6.10 Å². The molecule has 0 fully saturated rings. The molecule has 11 heavy (non-hydrogen) atoms. The number of nitrogens with two attached hydrogens (primary N) is 1. The van der Waals surface area contributed by atoms with E-state index >= 15 is 0 Å². The van der Waals surface area contributed by atoms with Gasteiger partial charge in [0.1, 0.15) is 0 Å². The van der Waals surface area contributed by atoms with Crippen LogP contribution in [0, 0.1) is 0 Å². The molecular weight excluding hydrogens is 140 g/mol. The van der Waals surface area contributed by atoms with Crippen LogP contribution in [-0.2, 0) is 0 Å². The quantitative estimate of drug-likeness (QED) is 0.576. The van der Waals surface area contributed by atoms with E-state index in [0.29, 0.717) is 0 Å². The van der Waals surface area contributed by atoms with Crippen LogP contribution in [0.2, 0.25) is 0 Å². The summed E-state index contributed by atoms with van der Waals surface area (Å²) < 4.78 is 0. The van der Waals surface area contributed by atoms with Gasteiger partial charge < -0.3 is 15.7 Å². The van der Waals surface area contributed by atoms with Crippen LogP contribution in [0.3, 0.4) is 0 Å². The summed E-state index contributed by atoms with van der Waals surface area (Å²) in [6.45, 7) is 4.55. The Morgan fingerprint density at radius 2 is 2.09 bits per heavy atom.